The largest absolute Gasteiger partial charge is 0.497 e. The Bertz CT molecular complexity index is 1380. The lowest BCUT2D eigenvalue weighted by atomic mass is 9.72. The van der Waals surface area contributed by atoms with Crippen LogP contribution in [-0.2, 0) is 19.1 Å². The molecule has 0 spiro atoms. The molecule has 0 aliphatic heterocycles. The molecule has 0 aromatic heterocycles. The number of carbonyl (C=O) groups is 2. The van der Waals surface area contributed by atoms with Crippen LogP contribution in [0.15, 0.2) is 97.1 Å². The number of rotatable bonds is 13. The number of benzene rings is 4. The summed E-state index contributed by atoms with van der Waals surface area (Å²) in [5.74, 6) is 0.689. The van der Waals surface area contributed by atoms with Gasteiger partial charge in [-0.2, -0.15) is 0 Å². The highest BCUT2D eigenvalue weighted by atomic mass is 16.6. The van der Waals surface area contributed by atoms with E-state index in [2.05, 4.69) is 0 Å². The maximum Gasteiger partial charge on any atom is 0.303 e. The summed E-state index contributed by atoms with van der Waals surface area (Å²) in [5, 5.41) is 0. The van der Waals surface area contributed by atoms with Crippen molar-refractivity contribution < 1.29 is 38.0 Å². The molecule has 0 bridgehead atoms. The Balaban J connectivity index is 2.03. The SMILES string of the molecule is COc1ccc([C@H]([C@@H](c2ccc(OC)cc2)[C@@H](OC(C)=O)c2ccc(OC)cc2)[C@@H](OC(C)=O)c2ccc(OC)cc2)cc1. The van der Waals surface area contributed by atoms with Gasteiger partial charge in [-0.15, -0.1) is 0 Å². The minimum Gasteiger partial charge on any atom is -0.497 e. The zero-order chi connectivity index (χ0) is 31.6. The van der Waals surface area contributed by atoms with Crippen LogP contribution < -0.4 is 18.9 Å². The maximum atomic E-state index is 12.7. The third-order valence-corrected chi connectivity index (χ3v) is 7.52. The van der Waals surface area contributed by atoms with Crippen molar-refractivity contribution >= 4 is 11.9 Å². The van der Waals surface area contributed by atoms with Gasteiger partial charge >= 0.3 is 11.9 Å². The zero-order valence-electron chi connectivity index (χ0n) is 25.8. The van der Waals surface area contributed by atoms with Crippen LogP contribution in [-0.4, -0.2) is 40.4 Å². The van der Waals surface area contributed by atoms with Crippen molar-refractivity contribution in [2.45, 2.75) is 37.9 Å². The van der Waals surface area contributed by atoms with Crippen LogP contribution in [0.1, 0.15) is 60.1 Å². The fourth-order valence-corrected chi connectivity index (χ4v) is 5.44. The molecule has 0 radical (unpaired) electrons. The van der Waals surface area contributed by atoms with E-state index in [1.54, 1.807) is 28.4 Å². The standard InChI is InChI=1S/C36H38O8/c1-23(37)43-35(27-11-19-31(41-5)20-12-27)33(25-7-15-29(39-3)16-8-25)34(26-9-17-30(40-4)18-10-26)36(44-24(2)38)28-13-21-32(42-6)22-14-28/h7-22,33-36H,1-6H3/t33-,34-,35+,36+/m1/s1. The molecule has 4 rings (SSSR count). The molecular weight excluding hydrogens is 560 g/mol. The van der Waals surface area contributed by atoms with Gasteiger partial charge in [0, 0.05) is 25.7 Å². The monoisotopic (exact) mass is 598 g/mol. The van der Waals surface area contributed by atoms with Gasteiger partial charge < -0.3 is 28.4 Å². The first kappa shape index (κ1) is 31.9. The van der Waals surface area contributed by atoms with E-state index in [1.807, 2.05) is 97.1 Å². The average molecular weight is 599 g/mol. The number of hydrogen-bond acceptors (Lipinski definition) is 8. The van der Waals surface area contributed by atoms with E-state index in [0.29, 0.717) is 23.0 Å². The van der Waals surface area contributed by atoms with Crippen molar-refractivity contribution in [3.8, 4) is 23.0 Å². The summed E-state index contributed by atoms with van der Waals surface area (Å²) in [4.78, 5) is 25.5. The molecule has 44 heavy (non-hydrogen) atoms. The first-order chi connectivity index (χ1) is 21.3. The van der Waals surface area contributed by atoms with Crippen LogP contribution in [0.5, 0.6) is 23.0 Å². The fourth-order valence-electron chi connectivity index (χ4n) is 5.44. The lowest BCUT2D eigenvalue weighted by Gasteiger charge is -2.38. The van der Waals surface area contributed by atoms with Gasteiger partial charge in [0.05, 0.1) is 28.4 Å². The van der Waals surface area contributed by atoms with Gasteiger partial charge in [0.2, 0.25) is 0 Å². The van der Waals surface area contributed by atoms with Gasteiger partial charge in [0.15, 0.2) is 0 Å². The molecule has 4 atom stereocenters. The van der Waals surface area contributed by atoms with Crippen molar-refractivity contribution in [2.24, 2.45) is 0 Å². The third kappa shape index (κ3) is 7.69. The Morgan fingerprint density at radius 3 is 0.841 bits per heavy atom. The quantitative estimate of drug-likeness (QED) is 0.149. The van der Waals surface area contributed by atoms with Gasteiger partial charge in [0.1, 0.15) is 35.2 Å². The molecule has 0 saturated heterocycles. The van der Waals surface area contributed by atoms with Gasteiger partial charge in [-0.1, -0.05) is 48.5 Å². The minimum absolute atomic E-state index is 0.453. The molecule has 0 heterocycles. The van der Waals surface area contributed by atoms with Crippen LogP contribution in [0.4, 0.5) is 0 Å². The fraction of sp³-hybridized carbons (Fsp3) is 0.278. The molecule has 0 fully saturated rings. The third-order valence-electron chi connectivity index (χ3n) is 7.52. The van der Waals surface area contributed by atoms with Crippen LogP contribution >= 0.6 is 0 Å². The van der Waals surface area contributed by atoms with Crippen molar-refractivity contribution in [3.05, 3.63) is 119 Å². The first-order valence-corrected chi connectivity index (χ1v) is 14.2. The highest BCUT2D eigenvalue weighted by molar-refractivity contribution is 5.67. The van der Waals surface area contributed by atoms with E-state index in [-0.39, 0.29) is 0 Å². The number of esters is 2. The molecule has 230 valence electrons. The summed E-state index contributed by atoms with van der Waals surface area (Å²) in [7, 11) is 6.39. The van der Waals surface area contributed by atoms with E-state index in [0.717, 1.165) is 22.3 Å². The smallest absolute Gasteiger partial charge is 0.303 e. The molecule has 4 aromatic rings. The Morgan fingerprint density at radius 2 is 0.636 bits per heavy atom. The topological polar surface area (TPSA) is 89.5 Å². The van der Waals surface area contributed by atoms with Gasteiger partial charge in [-0.3, -0.25) is 9.59 Å². The number of hydrogen-bond donors (Lipinski definition) is 0. The van der Waals surface area contributed by atoms with Crippen LogP contribution in [0.3, 0.4) is 0 Å². The molecule has 0 amide bonds. The summed E-state index contributed by atoms with van der Waals surface area (Å²) in [5.41, 5.74) is 3.19. The second kappa shape index (κ2) is 15.0. The van der Waals surface area contributed by atoms with Crippen LogP contribution in [0.25, 0.3) is 0 Å². The second-order valence-electron chi connectivity index (χ2n) is 10.2. The Hall–Kier alpha value is -4.98. The predicted octanol–water partition coefficient (Wildman–Crippen LogP) is 7.20. The molecule has 8 nitrogen and oxygen atoms in total. The van der Waals surface area contributed by atoms with E-state index < -0.39 is 36.0 Å². The molecular formula is C36H38O8. The van der Waals surface area contributed by atoms with E-state index in [4.69, 9.17) is 28.4 Å². The molecule has 0 aliphatic carbocycles. The maximum absolute atomic E-state index is 12.7. The molecule has 0 saturated carbocycles. The van der Waals surface area contributed by atoms with Gasteiger partial charge in [0.25, 0.3) is 0 Å². The highest BCUT2D eigenvalue weighted by Gasteiger charge is 2.42. The average Bonchev–Trinajstić information content (AvgIpc) is 3.05. The van der Waals surface area contributed by atoms with E-state index >= 15 is 0 Å². The molecule has 0 unspecified atom stereocenters. The van der Waals surface area contributed by atoms with E-state index in [9.17, 15) is 9.59 Å². The number of carbonyl (C=O) groups excluding carboxylic acids is 2. The summed E-state index contributed by atoms with van der Waals surface area (Å²) in [6.07, 6.45) is -1.56. The Labute approximate surface area is 258 Å². The highest BCUT2D eigenvalue weighted by Crippen LogP contribution is 2.51. The molecule has 4 aromatic carbocycles. The lowest BCUT2D eigenvalue weighted by molar-refractivity contribution is -0.153. The summed E-state index contributed by atoms with van der Waals surface area (Å²) < 4.78 is 34.0. The normalized spacial score (nSPS) is 13.5. The van der Waals surface area contributed by atoms with Gasteiger partial charge in [-0.05, 0) is 70.8 Å². The van der Waals surface area contributed by atoms with Crippen molar-refractivity contribution in [3.63, 3.8) is 0 Å². The summed E-state index contributed by atoms with van der Waals surface area (Å²) in [6, 6.07) is 30.0. The Morgan fingerprint density at radius 1 is 0.409 bits per heavy atom. The van der Waals surface area contributed by atoms with E-state index in [1.165, 1.54) is 13.8 Å². The van der Waals surface area contributed by atoms with Crippen LogP contribution in [0.2, 0.25) is 0 Å². The lowest BCUT2D eigenvalue weighted by Crippen LogP contribution is -2.29. The molecule has 0 aliphatic rings. The number of methoxy groups -OCH3 is 4. The Kier molecular flexibility index (Phi) is 10.9. The van der Waals surface area contributed by atoms with Gasteiger partial charge in [-0.25, -0.2) is 0 Å². The zero-order valence-corrected chi connectivity index (χ0v) is 25.8. The number of ether oxygens (including phenoxy) is 6. The van der Waals surface area contributed by atoms with Crippen LogP contribution in [0, 0.1) is 0 Å². The molecule has 8 heteroatoms. The predicted molar refractivity (Wildman–Crippen MR) is 166 cm³/mol. The first-order valence-electron chi connectivity index (χ1n) is 14.2. The van der Waals surface area contributed by atoms with Crippen molar-refractivity contribution in [1.82, 2.24) is 0 Å². The summed E-state index contributed by atoms with van der Waals surface area (Å²) >= 11 is 0. The minimum atomic E-state index is -0.782. The molecule has 0 N–H and O–H groups in total. The summed E-state index contributed by atoms with van der Waals surface area (Å²) in [6.45, 7) is 2.77. The van der Waals surface area contributed by atoms with Crippen molar-refractivity contribution in [1.29, 1.82) is 0 Å². The van der Waals surface area contributed by atoms with Crippen molar-refractivity contribution in [2.75, 3.05) is 28.4 Å². The second-order valence-corrected chi connectivity index (χ2v) is 10.2.